The number of esters is 1. The number of nitrogens with one attached hydrogen (secondary N) is 1. The van der Waals surface area contributed by atoms with Crippen LogP contribution >= 0.6 is 0 Å². The summed E-state index contributed by atoms with van der Waals surface area (Å²) in [5, 5.41) is 10.1. The Hall–Kier alpha value is -3.38. The van der Waals surface area contributed by atoms with E-state index in [0.29, 0.717) is 4.90 Å². The van der Waals surface area contributed by atoms with Crippen molar-refractivity contribution in [1.29, 1.82) is 0 Å². The van der Waals surface area contributed by atoms with Crippen molar-refractivity contribution < 1.29 is 42.2 Å². The quantitative estimate of drug-likeness (QED) is 0.355. The van der Waals surface area contributed by atoms with Crippen molar-refractivity contribution in [2.75, 3.05) is 19.0 Å². The van der Waals surface area contributed by atoms with Crippen LogP contribution in [0.5, 0.6) is 0 Å². The number of methoxy groups -OCH3 is 1. The first-order valence-corrected chi connectivity index (χ1v) is 11.2. The maximum atomic E-state index is 13.8. The normalized spacial score (nSPS) is 20.7. The zero-order valence-corrected chi connectivity index (χ0v) is 21.4. The molecule has 1 aromatic heterocycles. The fourth-order valence-corrected chi connectivity index (χ4v) is 3.64. The van der Waals surface area contributed by atoms with Gasteiger partial charge in [0.25, 0.3) is 0 Å². The summed E-state index contributed by atoms with van der Waals surface area (Å²) >= 11 is 0. The van der Waals surface area contributed by atoms with E-state index in [1.54, 1.807) is 41.5 Å². The number of imide groups is 1. The number of nitrogens with zero attached hydrogens (tertiary/aromatic N) is 3. The number of ether oxygens (including phenoxy) is 3. The van der Waals surface area contributed by atoms with Gasteiger partial charge in [-0.25, -0.2) is 23.3 Å². The molecular weight excluding hydrogens is 482 g/mol. The molecule has 0 aromatic carbocycles. The average molecular weight is 515 g/mol. The Balaban J connectivity index is 2.37. The lowest BCUT2D eigenvalue weighted by molar-refractivity contribution is -0.170. The van der Waals surface area contributed by atoms with Crippen molar-refractivity contribution in [3.63, 3.8) is 0 Å². The van der Waals surface area contributed by atoms with E-state index >= 15 is 0 Å². The molecule has 1 N–H and O–H groups in total. The molecule has 1 aliphatic heterocycles. The van der Waals surface area contributed by atoms with Crippen molar-refractivity contribution >= 4 is 29.9 Å². The van der Waals surface area contributed by atoms with E-state index in [9.17, 15) is 28.0 Å². The van der Waals surface area contributed by atoms with Crippen LogP contribution in [0.2, 0.25) is 0 Å². The summed E-state index contributed by atoms with van der Waals surface area (Å²) in [6, 6.07) is 2.71. The molecule has 2 rings (SSSR count). The van der Waals surface area contributed by atoms with Gasteiger partial charge < -0.3 is 14.2 Å². The van der Waals surface area contributed by atoms with Gasteiger partial charge in [-0.1, -0.05) is 0 Å². The molecule has 0 aliphatic carbocycles. The van der Waals surface area contributed by atoms with Gasteiger partial charge in [-0.3, -0.25) is 14.9 Å². The van der Waals surface area contributed by atoms with Gasteiger partial charge in [-0.15, -0.1) is 5.10 Å². The van der Waals surface area contributed by atoms with Gasteiger partial charge in [0, 0.05) is 18.9 Å². The van der Waals surface area contributed by atoms with Gasteiger partial charge in [-0.2, -0.15) is 5.10 Å². The molecule has 3 amide bonds. The minimum Gasteiger partial charge on any atom is -0.468 e. The fraction of sp³-hybridized carbons (Fsp3) is 0.652. The van der Waals surface area contributed by atoms with Crippen molar-refractivity contribution in [2.45, 2.75) is 72.0 Å². The van der Waals surface area contributed by atoms with Crippen LogP contribution in [0.1, 0.15) is 53.7 Å². The summed E-state index contributed by atoms with van der Waals surface area (Å²) in [7, 11) is 1.01. The molecule has 36 heavy (non-hydrogen) atoms. The maximum Gasteiger partial charge on any atom is 0.417 e. The summed E-state index contributed by atoms with van der Waals surface area (Å²) in [4.78, 5) is 51.5. The molecule has 1 aliphatic rings. The highest BCUT2D eigenvalue weighted by Crippen LogP contribution is 2.41. The molecule has 0 bridgehead atoms. The van der Waals surface area contributed by atoms with Gasteiger partial charge in [0.05, 0.1) is 12.8 Å². The van der Waals surface area contributed by atoms with E-state index < -0.39 is 72.4 Å². The zero-order chi connectivity index (χ0) is 27.5. The molecule has 0 radical (unpaired) electrons. The van der Waals surface area contributed by atoms with Gasteiger partial charge in [-0.05, 0) is 60.1 Å². The van der Waals surface area contributed by atoms with Crippen molar-refractivity contribution in [1.82, 2.24) is 15.1 Å². The van der Waals surface area contributed by atoms with Crippen molar-refractivity contribution in [3.8, 4) is 0 Å². The number of hydrogen-bond donors (Lipinski definition) is 1. The lowest BCUT2D eigenvalue weighted by atomic mass is 9.71. The summed E-state index contributed by atoms with van der Waals surface area (Å²) in [6.45, 7) is 9.10. The molecule has 2 unspecified atom stereocenters. The molecule has 2 atom stereocenters. The summed E-state index contributed by atoms with van der Waals surface area (Å²) in [5.41, 5.74) is -3.85. The third kappa shape index (κ3) is 7.31. The number of aromatic nitrogens is 2. The van der Waals surface area contributed by atoms with Gasteiger partial charge in [0.15, 0.2) is 11.2 Å². The Bertz CT molecular complexity index is 990. The molecule has 0 spiro atoms. The number of piperidine rings is 1. The Morgan fingerprint density at radius 1 is 1.11 bits per heavy atom. The predicted molar refractivity (Wildman–Crippen MR) is 122 cm³/mol. The number of likely N-dealkylation sites (tertiary alicyclic amines) is 1. The number of anilines is 1. The topological polar surface area (TPSA) is 137 Å². The fourth-order valence-electron chi connectivity index (χ4n) is 3.64. The molecule has 13 heteroatoms. The summed E-state index contributed by atoms with van der Waals surface area (Å²) in [6.07, 6.45) is -5.89. The highest BCUT2D eigenvalue weighted by molar-refractivity contribution is 6.08. The standard InChI is InChI=1S/C23H32F2N4O7/c1-21(2,3)35-19(32)26-15-9-8-14(27-28-15)11-23(18(31)34-7)10-13(16(24)25)12-29(17(23)30)20(33)36-22(4,5)6/h8-9,13,16H,10-12H2,1-7H3,(H,26,28,32). The zero-order valence-electron chi connectivity index (χ0n) is 21.4. The number of alkyl halides is 2. The van der Waals surface area contributed by atoms with Gasteiger partial charge in [0.2, 0.25) is 12.3 Å². The molecule has 11 nitrogen and oxygen atoms in total. The third-order valence-electron chi connectivity index (χ3n) is 5.06. The van der Waals surface area contributed by atoms with E-state index in [4.69, 9.17) is 14.2 Å². The Morgan fingerprint density at radius 2 is 1.72 bits per heavy atom. The number of rotatable bonds is 5. The highest BCUT2D eigenvalue weighted by Gasteiger charge is 2.57. The minimum atomic E-state index is -2.93. The van der Waals surface area contributed by atoms with Crippen LogP contribution in [-0.2, 0) is 30.2 Å². The van der Waals surface area contributed by atoms with Crippen LogP contribution in [0, 0.1) is 11.3 Å². The number of hydrogen-bond acceptors (Lipinski definition) is 9. The minimum absolute atomic E-state index is 0.0240. The first-order valence-electron chi connectivity index (χ1n) is 11.2. The first-order chi connectivity index (χ1) is 16.5. The average Bonchev–Trinajstić information content (AvgIpc) is 2.73. The van der Waals surface area contributed by atoms with Crippen molar-refractivity contribution in [3.05, 3.63) is 17.8 Å². The lowest BCUT2D eigenvalue weighted by Gasteiger charge is -2.42. The van der Waals surface area contributed by atoms with Crippen LogP contribution in [-0.4, -0.2) is 70.4 Å². The second-order valence-corrected chi connectivity index (χ2v) is 10.5. The van der Waals surface area contributed by atoms with Gasteiger partial charge >= 0.3 is 18.2 Å². The summed E-state index contributed by atoms with van der Waals surface area (Å²) in [5.74, 6) is -3.60. The predicted octanol–water partition coefficient (Wildman–Crippen LogP) is 3.57. The van der Waals surface area contributed by atoms with E-state index in [-0.39, 0.29) is 11.5 Å². The van der Waals surface area contributed by atoms with Crippen LogP contribution < -0.4 is 5.32 Å². The number of carbonyl (C=O) groups is 4. The molecule has 0 saturated carbocycles. The molecule has 200 valence electrons. The lowest BCUT2D eigenvalue weighted by Crippen LogP contribution is -2.60. The van der Waals surface area contributed by atoms with E-state index in [0.717, 1.165) is 7.11 Å². The van der Waals surface area contributed by atoms with E-state index in [1.165, 1.54) is 12.1 Å². The second-order valence-electron chi connectivity index (χ2n) is 10.5. The number of amides is 3. The maximum absolute atomic E-state index is 13.8. The monoisotopic (exact) mass is 514 g/mol. The Labute approximate surface area is 207 Å². The van der Waals surface area contributed by atoms with E-state index in [2.05, 4.69) is 15.5 Å². The van der Waals surface area contributed by atoms with Crippen LogP contribution in [0.15, 0.2) is 12.1 Å². The largest absolute Gasteiger partial charge is 0.468 e. The first kappa shape index (κ1) is 28.9. The highest BCUT2D eigenvalue weighted by atomic mass is 19.3. The molecule has 2 heterocycles. The Kier molecular flexibility index (Phi) is 8.58. The molecule has 1 fully saturated rings. The number of carbonyl (C=O) groups excluding carboxylic acids is 4. The molecule has 1 aromatic rings. The van der Waals surface area contributed by atoms with Crippen LogP contribution in [0.4, 0.5) is 24.2 Å². The Morgan fingerprint density at radius 3 is 2.19 bits per heavy atom. The molecule has 1 saturated heterocycles. The number of halogens is 2. The second kappa shape index (κ2) is 10.7. The van der Waals surface area contributed by atoms with Gasteiger partial charge in [0.1, 0.15) is 11.2 Å². The smallest absolute Gasteiger partial charge is 0.417 e. The SMILES string of the molecule is COC(=O)C1(Cc2ccc(NC(=O)OC(C)(C)C)nn2)CC(C(F)F)CN(C(=O)OC(C)(C)C)C1=O. The van der Waals surface area contributed by atoms with Crippen LogP contribution in [0.25, 0.3) is 0 Å². The van der Waals surface area contributed by atoms with Crippen molar-refractivity contribution in [2.24, 2.45) is 11.3 Å². The van der Waals surface area contributed by atoms with E-state index in [1.807, 2.05) is 0 Å². The molecular formula is C23H32F2N4O7. The third-order valence-corrected chi connectivity index (χ3v) is 5.06. The summed E-state index contributed by atoms with van der Waals surface area (Å²) < 4.78 is 42.8. The van der Waals surface area contributed by atoms with Crippen LogP contribution in [0.3, 0.4) is 0 Å².